The van der Waals surface area contributed by atoms with Crippen molar-refractivity contribution in [3.63, 3.8) is 0 Å². The largest absolute Gasteiger partial charge is 0.491 e. The summed E-state index contributed by atoms with van der Waals surface area (Å²) in [6.07, 6.45) is 2.58. The van der Waals surface area contributed by atoms with Crippen molar-refractivity contribution in [2.24, 2.45) is 0 Å². The predicted octanol–water partition coefficient (Wildman–Crippen LogP) is 3.62. The van der Waals surface area contributed by atoms with Crippen molar-refractivity contribution in [1.29, 1.82) is 0 Å². The van der Waals surface area contributed by atoms with Crippen LogP contribution in [0.15, 0.2) is 54.6 Å². The molecule has 2 aromatic rings. The van der Waals surface area contributed by atoms with E-state index in [2.05, 4.69) is 0 Å². The lowest BCUT2D eigenvalue weighted by atomic mass is 9.97. The van der Waals surface area contributed by atoms with Gasteiger partial charge in [0.25, 0.3) is 0 Å². The van der Waals surface area contributed by atoms with E-state index in [-0.39, 0.29) is 24.3 Å². The molecule has 6 nitrogen and oxygen atoms in total. The Morgan fingerprint density at radius 1 is 1.18 bits per heavy atom. The molecule has 0 saturated carbocycles. The minimum Gasteiger partial charge on any atom is -0.491 e. The summed E-state index contributed by atoms with van der Waals surface area (Å²) < 4.78 is 5.61. The zero-order valence-corrected chi connectivity index (χ0v) is 15.7. The average molecular weight is 379 g/mol. The van der Waals surface area contributed by atoms with Crippen LogP contribution in [0.4, 0.5) is 5.69 Å². The van der Waals surface area contributed by atoms with Crippen LogP contribution >= 0.6 is 0 Å². The van der Waals surface area contributed by atoms with Gasteiger partial charge < -0.3 is 9.84 Å². The van der Waals surface area contributed by atoms with Crippen LogP contribution in [-0.2, 0) is 14.4 Å². The van der Waals surface area contributed by atoms with Crippen molar-refractivity contribution in [2.45, 2.75) is 32.3 Å². The molecule has 0 unspecified atom stereocenters. The Morgan fingerprint density at radius 3 is 2.54 bits per heavy atom. The van der Waals surface area contributed by atoms with E-state index in [0.717, 1.165) is 11.6 Å². The summed E-state index contributed by atoms with van der Waals surface area (Å²) >= 11 is 0. The van der Waals surface area contributed by atoms with Gasteiger partial charge in [-0.2, -0.15) is 0 Å². The highest BCUT2D eigenvalue weighted by atomic mass is 16.5. The number of anilines is 1. The first-order chi connectivity index (χ1) is 13.3. The van der Waals surface area contributed by atoms with Crippen LogP contribution < -0.4 is 9.64 Å². The molecule has 0 spiro atoms. The van der Waals surface area contributed by atoms with Gasteiger partial charge in [0.05, 0.1) is 17.7 Å². The number of ether oxygens (including phenoxy) is 1. The number of hydrogen-bond acceptors (Lipinski definition) is 4. The van der Waals surface area contributed by atoms with E-state index in [9.17, 15) is 14.4 Å². The monoisotopic (exact) mass is 379 g/mol. The molecule has 1 aliphatic rings. The number of aliphatic carboxylic acids is 1. The number of carbonyl (C=O) groups is 3. The number of nitrogens with zero attached hydrogens (tertiary/aromatic N) is 1. The Bertz CT molecular complexity index is 930. The van der Waals surface area contributed by atoms with E-state index >= 15 is 0 Å². The average Bonchev–Trinajstić information content (AvgIpc) is 2.95. The normalized spacial score (nSPS) is 17.0. The van der Waals surface area contributed by atoms with Gasteiger partial charge in [-0.25, -0.2) is 9.69 Å². The molecule has 0 aliphatic carbocycles. The fourth-order valence-electron chi connectivity index (χ4n) is 3.15. The topological polar surface area (TPSA) is 83.9 Å². The third-order valence-corrected chi connectivity index (χ3v) is 4.35. The van der Waals surface area contributed by atoms with Gasteiger partial charge in [0.1, 0.15) is 5.75 Å². The fourth-order valence-corrected chi connectivity index (χ4v) is 3.15. The molecule has 6 heteroatoms. The number of carboxylic acid groups (broad SMARTS) is 1. The Balaban J connectivity index is 1.82. The zero-order valence-electron chi connectivity index (χ0n) is 15.7. The summed E-state index contributed by atoms with van der Waals surface area (Å²) in [6.45, 7) is 3.87. The summed E-state index contributed by atoms with van der Waals surface area (Å²) in [6, 6.07) is 13.9. The minimum atomic E-state index is -1.07. The zero-order chi connectivity index (χ0) is 20.3. The predicted molar refractivity (Wildman–Crippen MR) is 105 cm³/mol. The maximum Gasteiger partial charge on any atom is 0.328 e. The van der Waals surface area contributed by atoms with E-state index < -0.39 is 11.9 Å². The van der Waals surface area contributed by atoms with E-state index in [4.69, 9.17) is 9.84 Å². The number of hydrogen-bond donors (Lipinski definition) is 1. The van der Waals surface area contributed by atoms with E-state index in [1.807, 2.05) is 26.0 Å². The van der Waals surface area contributed by atoms with Gasteiger partial charge >= 0.3 is 5.97 Å². The molecule has 1 N–H and O–H groups in total. The van der Waals surface area contributed by atoms with Gasteiger partial charge in [-0.3, -0.25) is 9.59 Å². The van der Waals surface area contributed by atoms with Crippen LogP contribution in [0.25, 0.3) is 6.08 Å². The number of amides is 2. The Hall–Kier alpha value is -3.41. The second kappa shape index (κ2) is 8.08. The molecular formula is C22H21NO5. The van der Waals surface area contributed by atoms with E-state index in [0.29, 0.717) is 17.0 Å². The van der Waals surface area contributed by atoms with E-state index in [1.54, 1.807) is 36.4 Å². The van der Waals surface area contributed by atoms with Gasteiger partial charge in [0.15, 0.2) is 0 Å². The molecule has 28 heavy (non-hydrogen) atoms. The molecule has 0 bridgehead atoms. The molecule has 1 heterocycles. The number of carbonyl (C=O) groups excluding carboxylic acids is 2. The number of rotatable bonds is 6. The number of benzene rings is 2. The molecule has 2 amide bonds. The highest BCUT2D eigenvalue weighted by Gasteiger charge is 2.40. The van der Waals surface area contributed by atoms with Crippen molar-refractivity contribution in [3.05, 3.63) is 65.7 Å². The van der Waals surface area contributed by atoms with Gasteiger partial charge in [-0.15, -0.1) is 0 Å². The standard InChI is InChI=1S/C22H21NO5/c1-14(2)28-18-9-7-16(8-10-18)19-13-20(24)23(22(19)27)17-5-3-4-15(12-17)6-11-21(25)26/h3-12,14,19H,13H2,1-2H3,(H,25,26)/t19-/m0/s1. The van der Waals surface area contributed by atoms with Crippen LogP contribution in [0.3, 0.4) is 0 Å². The first-order valence-electron chi connectivity index (χ1n) is 8.99. The second-order valence-electron chi connectivity index (χ2n) is 6.83. The van der Waals surface area contributed by atoms with Gasteiger partial charge in [0.2, 0.25) is 11.8 Å². The maximum atomic E-state index is 12.9. The van der Waals surface area contributed by atoms with Crippen molar-refractivity contribution in [3.8, 4) is 5.75 Å². The van der Waals surface area contributed by atoms with Crippen LogP contribution in [0, 0.1) is 0 Å². The minimum absolute atomic E-state index is 0.0542. The molecule has 1 saturated heterocycles. The first kappa shape index (κ1) is 19.4. The van der Waals surface area contributed by atoms with Crippen LogP contribution in [-0.4, -0.2) is 29.0 Å². The van der Waals surface area contributed by atoms with Crippen molar-refractivity contribution in [1.82, 2.24) is 0 Å². The third kappa shape index (κ3) is 4.28. The summed E-state index contributed by atoms with van der Waals surface area (Å²) in [5.74, 6) is -1.47. The van der Waals surface area contributed by atoms with Crippen molar-refractivity contribution >= 4 is 29.5 Å². The lowest BCUT2D eigenvalue weighted by molar-refractivity contribution is -0.131. The Morgan fingerprint density at radius 2 is 1.89 bits per heavy atom. The molecule has 1 fully saturated rings. The lowest BCUT2D eigenvalue weighted by Crippen LogP contribution is -2.30. The second-order valence-corrected chi connectivity index (χ2v) is 6.83. The molecule has 1 aliphatic heterocycles. The SMILES string of the molecule is CC(C)Oc1ccc([C@@H]2CC(=O)N(c3cccc(C=CC(=O)O)c3)C2=O)cc1. The third-order valence-electron chi connectivity index (χ3n) is 4.35. The van der Waals surface area contributed by atoms with Crippen LogP contribution in [0.5, 0.6) is 5.75 Å². The van der Waals surface area contributed by atoms with Crippen LogP contribution in [0.1, 0.15) is 37.3 Å². The molecule has 144 valence electrons. The number of imide groups is 1. The summed E-state index contributed by atoms with van der Waals surface area (Å²) in [5.41, 5.74) is 1.79. The smallest absolute Gasteiger partial charge is 0.328 e. The molecule has 0 radical (unpaired) electrons. The van der Waals surface area contributed by atoms with E-state index in [1.165, 1.54) is 11.0 Å². The fraction of sp³-hybridized carbons (Fsp3) is 0.227. The van der Waals surface area contributed by atoms with Gasteiger partial charge in [0, 0.05) is 12.5 Å². The first-order valence-corrected chi connectivity index (χ1v) is 8.99. The van der Waals surface area contributed by atoms with Crippen LogP contribution in [0.2, 0.25) is 0 Å². The lowest BCUT2D eigenvalue weighted by Gasteiger charge is -2.16. The molecule has 0 aromatic heterocycles. The Labute approximate surface area is 163 Å². The maximum absolute atomic E-state index is 12.9. The summed E-state index contributed by atoms with van der Waals surface area (Å²) in [5, 5.41) is 8.75. The Kier molecular flexibility index (Phi) is 5.59. The quantitative estimate of drug-likeness (QED) is 0.612. The van der Waals surface area contributed by atoms with Gasteiger partial charge in [-0.1, -0.05) is 24.3 Å². The van der Waals surface area contributed by atoms with Gasteiger partial charge in [-0.05, 0) is 55.3 Å². The molecular weight excluding hydrogens is 358 g/mol. The van der Waals surface area contributed by atoms with Crippen molar-refractivity contribution < 1.29 is 24.2 Å². The highest BCUT2D eigenvalue weighted by Crippen LogP contribution is 2.34. The molecule has 1 atom stereocenters. The highest BCUT2D eigenvalue weighted by molar-refractivity contribution is 6.22. The number of carboxylic acids is 1. The molecule has 3 rings (SSSR count). The summed E-state index contributed by atoms with van der Waals surface area (Å²) in [4.78, 5) is 37.3. The van der Waals surface area contributed by atoms with Crippen molar-refractivity contribution in [2.75, 3.05) is 4.90 Å². The summed E-state index contributed by atoms with van der Waals surface area (Å²) in [7, 11) is 0. The molecule has 2 aromatic carbocycles.